The zero-order chi connectivity index (χ0) is 18.1. The monoisotopic (exact) mass is 370 g/mol. The highest BCUT2D eigenvalue weighted by atomic mass is 32.2. The van der Waals surface area contributed by atoms with Gasteiger partial charge in [0, 0.05) is 24.8 Å². The lowest BCUT2D eigenvalue weighted by Gasteiger charge is -2.21. The van der Waals surface area contributed by atoms with Crippen LogP contribution in [0.5, 0.6) is 0 Å². The number of hydrogen-bond acceptors (Lipinski definition) is 5. The maximum atomic E-state index is 12.0. The summed E-state index contributed by atoms with van der Waals surface area (Å²) in [7, 11) is -3.46. The molecule has 0 spiro atoms. The Morgan fingerprint density at radius 2 is 1.92 bits per heavy atom. The Labute approximate surface area is 149 Å². The summed E-state index contributed by atoms with van der Waals surface area (Å²) >= 11 is 0. The van der Waals surface area contributed by atoms with Crippen molar-refractivity contribution in [3.63, 3.8) is 0 Å². The van der Waals surface area contributed by atoms with Gasteiger partial charge in [0.25, 0.3) is 5.69 Å². The van der Waals surface area contributed by atoms with Gasteiger partial charge in [-0.15, -0.1) is 0 Å². The van der Waals surface area contributed by atoms with Crippen LogP contribution in [0.2, 0.25) is 0 Å². The summed E-state index contributed by atoms with van der Waals surface area (Å²) in [5.74, 6) is -0.165. The van der Waals surface area contributed by atoms with Crippen molar-refractivity contribution in [2.24, 2.45) is 0 Å². The molecule has 7 nitrogen and oxygen atoms in total. The van der Waals surface area contributed by atoms with Gasteiger partial charge >= 0.3 is 0 Å². The fraction of sp³-hybridized carbons (Fsp3) is 0.647. The Bertz CT molecular complexity index is 657. The van der Waals surface area contributed by atoms with E-state index in [9.17, 15) is 18.5 Å². The molecule has 1 aromatic carbocycles. The van der Waals surface area contributed by atoms with Gasteiger partial charge in [-0.1, -0.05) is 37.5 Å². The summed E-state index contributed by atoms with van der Waals surface area (Å²) in [5, 5.41) is 10.9. The van der Waals surface area contributed by atoms with Gasteiger partial charge in [0.1, 0.15) is 0 Å². The SMILES string of the molecule is O=[N+]([O-])c1ccccc1CCS(=O)(=O)NCCCOC1CCCCC1. The summed E-state index contributed by atoms with van der Waals surface area (Å²) in [4.78, 5) is 10.5. The number of sulfonamides is 1. The zero-order valence-electron chi connectivity index (χ0n) is 14.4. The van der Waals surface area contributed by atoms with Crippen molar-refractivity contribution in [2.45, 2.75) is 51.0 Å². The van der Waals surface area contributed by atoms with Crippen LogP contribution in [0.3, 0.4) is 0 Å². The van der Waals surface area contributed by atoms with E-state index in [1.54, 1.807) is 18.2 Å². The van der Waals surface area contributed by atoms with Crippen molar-refractivity contribution in [1.29, 1.82) is 0 Å². The summed E-state index contributed by atoms with van der Waals surface area (Å²) in [5.41, 5.74) is 0.386. The molecule has 1 saturated carbocycles. The molecular weight excluding hydrogens is 344 g/mol. The second-order valence-corrected chi connectivity index (χ2v) is 8.26. The van der Waals surface area contributed by atoms with E-state index in [2.05, 4.69) is 4.72 Å². The first-order chi connectivity index (χ1) is 12.0. The first-order valence-corrected chi connectivity index (χ1v) is 10.4. The van der Waals surface area contributed by atoms with Crippen molar-refractivity contribution in [3.8, 4) is 0 Å². The van der Waals surface area contributed by atoms with Gasteiger partial charge < -0.3 is 4.74 Å². The molecule has 1 aromatic rings. The molecule has 2 rings (SSSR count). The van der Waals surface area contributed by atoms with E-state index in [0.717, 1.165) is 12.8 Å². The van der Waals surface area contributed by atoms with E-state index in [-0.39, 0.29) is 17.9 Å². The maximum absolute atomic E-state index is 12.0. The van der Waals surface area contributed by atoms with E-state index in [1.807, 2.05) is 0 Å². The molecule has 0 aliphatic heterocycles. The molecule has 140 valence electrons. The molecule has 0 heterocycles. The number of nitro groups is 1. The molecule has 8 heteroatoms. The Kier molecular flexibility index (Phi) is 7.80. The lowest BCUT2D eigenvalue weighted by atomic mass is 9.98. The van der Waals surface area contributed by atoms with Gasteiger partial charge in [0.15, 0.2) is 0 Å². The molecule has 1 N–H and O–H groups in total. The standard InChI is InChI=1S/C17H26N2O5S/c20-19(21)17-10-5-4-7-15(17)11-14-25(22,23)18-12-6-13-24-16-8-2-1-3-9-16/h4-5,7,10,16,18H,1-3,6,8-9,11-14H2. The molecular formula is C17H26N2O5S. The lowest BCUT2D eigenvalue weighted by Crippen LogP contribution is -2.29. The number of nitrogens with zero attached hydrogens (tertiary/aromatic N) is 1. The molecule has 0 amide bonds. The quantitative estimate of drug-likeness (QED) is 0.388. The maximum Gasteiger partial charge on any atom is 0.272 e. The predicted octanol–water partition coefficient (Wildman–Crippen LogP) is 2.80. The highest BCUT2D eigenvalue weighted by molar-refractivity contribution is 7.89. The van der Waals surface area contributed by atoms with Gasteiger partial charge in [0.2, 0.25) is 10.0 Å². The molecule has 0 aromatic heterocycles. The zero-order valence-corrected chi connectivity index (χ0v) is 15.2. The molecule has 0 bridgehead atoms. The van der Waals surface area contributed by atoms with Crippen molar-refractivity contribution in [2.75, 3.05) is 18.9 Å². The summed E-state index contributed by atoms with van der Waals surface area (Å²) in [6, 6.07) is 6.22. The van der Waals surface area contributed by atoms with Crippen LogP contribution in [0.4, 0.5) is 5.69 Å². The number of benzene rings is 1. The molecule has 25 heavy (non-hydrogen) atoms. The minimum atomic E-state index is -3.46. The molecule has 1 aliphatic rings. The van der Waals surface area contributed by atoms with Crippen LogP contribution in [-0.4, -0.2) is 38.3 Å². The number of hydrogen-bond donors (Lipinski definition) is 1. The number of rotatable bonds is 10. The first-order valence-electron chi connectivity index (χ1n) is 8.79. The third-order valence-corrected chi connectivity index (χ3v) is 5.76. The van der Waals surface area contributed by atoms with Gasteiger partial charge in [0.05, 0.1) is 16.8 Å². The predicted molar refractivity (Wildman–Crippen MR) is 96.0 cm³/mol. The highest BCUT2D eigenvalue weighted by Crippen LogP contribution is 2.20. The second kappa shape index (κ2) is 9.84. The van der Waals surface area contributed by atoms with Crippen LogP contribution in [0.15, 0.2) is 24.3 Å². The average molecular weight is 370 g/mol. The van der Waals surface area contributed by atoms with E-state index in [4.69, 9.17) is 4.74 Å². The van der Waals surface area contributed by atoms with Crippen molar-refractivity contribution >= 4 is 15.7 Å². The number of nitro benzene ring substituents is 1. The van der Waals surface area contributed by atoms with Crippen LogP contribution in [-0.2, 0) is 21.2 Å². The smallest absolute Gasteiger partial charge is 0.272 e. The molecule has 1 fully saturated rings. The van der Waals surface area contributed by atoms with Crippen molar-refractivity contribution in [1.82, 2.24) is 4.72 Å². The third kappa shape index (κ3) is 7.09. The van der Waals surface area contributed by atoms with E-state index >= 15 is 0 Å². The Balaban J connectivity index is 1.68. The Morgan fingerprint density at radius 3 is 2.64 bits per heavy atom. The topological polar surface area (TPSA) is 98.5 Å². The van der Waals surface area contributed by atoms with Crippen LogP contribution in [0.1, 0.15) is 44.1 Å². The molecule has 0 saturated heterocycles. The molecule has 0 unspecified atom stereocenters. The largest absolute Gasteiger partial charge is 0.378 e. The fourth-order valence-electron chi connectivity index (χ4n) is 3.00. The van der Waals surface area contributed by atoms with E-state index in [0.29, 0.717) is 31.2 Å². The van der Waals surface area contributed by atoms with Crippen molar-refractivity contribution < 1.29 is 18.1 Å². The number of aryl methyl sites for hydroxylation is 1. The highest BCUT2D eigenvalue weighted by Gasteiger charge is 2.17. The number of ether oxygens (including phenoxy) is 1. The second-order valence-electron chi connectivity index (χ2n) is 6.33. The van der Waals surface area contributed by atoms with Gasteiger partial charge in [-0.2, -0.15) is 0 Å². The normalized spacial score (nSPS) is 16.0. The number of nitrogens with one attached hydrogen (secondary N) is 1. The van der Waals surface area contributed by atoms with E-state index in [1.165, 1.54) is 25.3 Å². The summed E-state index contributed by atoms with van der Waals surface area (Å²) in [6.07, 6.45) is 6.96. The van der Waals surface area contributed by atoms with Gasteiger partial charge in [-0.3, -0.25) is 10.1 Å². The van der Waals surface area contributed by atoms with Gasteiger partial charge in [-0.25, -0.2) is 13.1 Å². The Hall–Kier alpha value is -1.51. The van der Waals surface area contributed by atoms with Crippen LogP contribution < -0.4 is 4.72 Å². The summed E-state index contributed by atoms with van der Waals surface area (Å²) < 4.78 is 32.4. The van der Waals surface area contributed by atoms with Crippen LogP contribution >= 0.6 is 0 Å². The average Bonchev–Trinajstić information content (AvgIpc) is 2.61. The molecule has 1 aliphatic carbocycles. The molecule has 0 radical (unpaired) electrons. The minimum absolute atomic E-state index is 0.0430. The fourth-order valence-corrected chi connectivity index (χ4v) is 4.09. The lowest BCUT2D eigenvalue weighted by molar-refractivity contribution is -0.385. The van der Waals surface area contributed by atoms with Crippen molar-refractivity contribution in [3.05, 3.63) is 39.9 Å². The van der Waals surface area contributed by atoms with Crippen LogP contribution in [0, 0.1) is 10.1 Å². The first kappa shape index (κ1) is 19.8. The Morgan fingerprint density at radius 1 is 1.20 bits per heavy atom. The summed E-state index contributed by atoms with van der Waals surface area (Å²) in [6.45, 7) is 0.878. The minimum Gasteiger partial charge on any atom is -0.378 e. The third-order valence-electron chi connectivity index (χ3n) is 4.38. The van der Waals surface area contributed by atoms with Gasteiger partial charge in [-0.05, 0) is 25.7 Å². The molecule has 0 atom stereocenters. The number of para-hydroxylation sites is 1. The van der Waals surface area contributed by atoms with Crippen LogP contribution in [0.25, 0.3) is 0 Å². The van der Waals surface area contributed by atoms with E-state index < -0.39 is 14.9 Å².